The fraction of sp³-hybridized carbons (Fsp3) is 1.00. The van der Waals surface area contributed by atoms with Crippen LogP contribution < -0.4 is 0 Å². The molecule has 0 nitrogen and oxygen atoms in total. The van der Waals surface area contributed by atoms with E-state index in [1.165, 1.54) is 0 Å². The summed E-state index contributed by atoms with van der Waals surface area (Å²) in [5.41, 5.74) is 0. The molecule has 0 aliphatic heterocycles. The van der Waals surface area contributed by atoms with Crippen molar-refractivity contribution in [2.75, 3.05) is 0 Å². The van der Waals surface area contributed by atoms with Crippen LogP contribution in [0.2, 0.25) is 0 Å². The Balaban J connectivity index is 12.3. The van der Waals surface area contributed by atoms with E-state index < -0.39 is 29.2 Å². The van der Waals surface area contributed by atoms with Crippen molar-refractivity contribution >= 4 is 538 Å². The van der Waals surface area contributed by atoms with Gasteiger partial charge < -0.3 is 0 Å². The first kappa shape index (κ1) is 96.8. The van der Waals surface area contributed by atoms with Crippen LogP contribution in [0.1, 0.15) is 0 Å². The van der Waals surface area contributed by atoms with E-state index in [-0.39, 0.29) is 189 Å². The molecule has 0 amide bonds. The van der Waals surface area contributed by atoms with E-state index in [2.05, 4.69) is 312 Å². The van der Waals surface area contributed by atoms with Crippen molar-refractivity contribution in [3.8, 4) is 0 Å². The molecule has 410 valence electrons. The average Bonchev–Trinajstić information content (AvgIpc) is 3.11. The van der Waals surface area contributed by atoms with Gasteiger partial charge in [0.1, 0.15) is 0 Å². The number of rotatable bonds is 32. The maximum Gasteiger partial charge on any atom is 0.0860 e. The molecule has 0 aliphatic rings. The quantitative estimate of drug-likeness (QED) is 0.0589. The molecular weight excluding hydrogens is 2090 g/mol. The van der Waals surface area contributed by atoms with Gasteiger partial charge in [0.05, 0.1) is 4.38 Å². The second-order valence-electron chi connectivity index (χ2n) is 11.1. The van der Waals surface area contributed by atoms with Crippen LogP contribution in [-0.4, -0.2) is 4.38 Å². The van der Waals surface area contributed by atoms with E-state index in [0.717, 1.165) is 7.96 Å². The van der Waals surface area contributed by atoms with Crippen LogP contribution in [0.25, 0.3) is 0 Å². The summed E-state index contributed by atoms with van der Waals surface area (Å²) in [6, 6.07) is 0. The van der Waals surface area contributed by atoms with Crippen LogP contribution in [0.15, 0.2) is 0 Å². The monoisotopic (exact) mass is 2160 g/mol. The van der Waals surface area contributed by atoms with E-state index in [1.807, 2.05) is 0 Å². The van der Waals surface area contributed by atoms with Crippen LogP contribution in [0.5, 0.6) is 0 Å². The molecule has 67 heteroatoms. The van der Waals surface area contributed by atoms with Gasteiger partial charge in [-0.15, -0.1) is 312 Å². The van der Waals surface area contributed by atoms with Gasteiger partial charge in [-0.2, -0.15) is 0 Å². The summed E-state index contributed by atoms with van der Waals surface area (Å²) in [7, 11) is 127. The van der Waals surface area contributed by atoms with Crippen molar-refractivity contribution in [3.63, 3.8) is 0 Å². The molecule has 0 saturated heterocycles. The van der Waals surface area contributed by atoms with Gasteiger partial charge in [-0.25, -0.2) is 0 Å². The third-order valence-electron chi connectivity index (χ3n) is 6.40. The van der Waals surface area contributed by atoms with Crippen LogP contribution in [0.4, 0.5) is 0 Å². The normalized spacial score (nSPS) is 16.1. The lowest BCUT2D eigenvalue weighted by Gasteiger charge is -2.69. The molecule has 39 atom stereocenters. The predicted molar refractivity (Wildman–Crippen MR) is 565 cm³/mol. The van der Waals surface area contributed by atoms with Crippen LogP contribution in [0.3, 0.4) is 0 Å². The minimum absolute atomic E-state index is 0.249. The molecule has 0 bridgehead atoms. The predicted octanol–water partition coefficient (Wildman–Crippen LogP) is 38.5. The third kappa shape index (κ3) is 31.5. The molecule has 0 spiro atoms. The van der Waals surface area contributed by atoms with Crippen molar-refractivity contribution in [2.45, 2.75) is 4.38 Å². The van der Waals surface area contributed by atoms with E-state index >= 15 is 0 Å². The molecular formula is CH71P67. The van der Waals surface area contributed by atoms with Gasteiger partial charge in [0, 0.05) is 0 Å². The van der Waals surface area contributed by atoms with Gasteiger partial charge in [-0.3, -0.25) is 0 Å². The van der Waals surface area contributed by atoms with Crippen LogP contribution in [0, 0.1) is 0 Å². The Kier molecular flexibility index (Phi) is 73.9. The molecule has 0 aromatic carbocycles. The minimum Gasteiger partial charge on any atom is -0.109 e. The molecule has 0 rings (SSSR count). The highest BCUT2D eigenvalue weighted by molar-refractivity contribution is 9.39. The van der Waals surface area contributed by atoms with Gasteiger partial charge in [-0.05, 0) is 218 Å². The summed E-state index contributed by atoms with van der Waals surface area (Å²) < 4.78 is 0.350. The summed E-state index contributed by atoms with van der Waals surface area (Å²) in [6.07, 6.45) is 0. The SMILES string of the molecule is PPP(P(P)P)P(P(P(P)P)P(P)P)P(P(P(P)P)P(P)P)C(P(P(P(P)P)P(P)P)P(P(P)P)P(P)P)(P(P(P(P)P)P(P)P)P(P(P)P)P(P)P)P(P(P(P)P)P(P)P)P(P(P)P)P(P)P. The van der Waals surface area contributed by atoms with Crippen molar-refractivity contribution in [1.29, 1.82) is 0 Å². The van der Waals surface area contributed by atoms with Crippen molar-refractivity contribution in [3.05, 3.63) is 0 Å². The Hall–Kier alpha value is 28.8. The molecule has 0 aliphatic carbocycles. The van der Waals surface area contributed by atoms with E-state index in [9.17, 15) is 0 Å². The zero-order valence-electron chi connectivity index (χ0n) is 35.1. The molecule has 0 N–H and O–H groups in total. The number of hydrogen-bond acceptors (Lipinski definition) is 0. The van der Waals surface area contributed by atoms with E-state index in [4.69, 9.17) is 0 Å². The van der Waals surface area contributed by atoms with Crippen molar-refractivity contribution in [2.24, 2.45) is 0 Å². The molecule has 68 heavy (non-hydrogen) atoms. The fourth-order valence-electron chi connectivity index (χ4n) is 4.68. The van der Waals surface area contributed by atoms with Crippen LogP contribution in [-0.2, 0) is 0 Å². The van der Waals surface area contributed by atoms with Gasteiger partial charge in [0.2, 0.25) is 0 Å². The maximum atomic E-state index is 3.70. The molecule has 0 saturated carbocycles. The standard InChI is InChI=1S/CH71P67/c2-37-59(42(3)4)67(68(57(33)34)58(35)36)41(66(55(29)30)56(31)32)1(38(60(43(5)6)44(7)8)61(45(9)10)46(11)12,39(62(47(13)14)48(15)16)63(49(17)18)50(19)20)40(64(51(21)22)52(23)24)65(53(25)26)54(27)28/h37H,2-36H2. The summed E-state index contributed by atoms with van der Waals surface area (Å²) in [6.45, 7) is -9.59. The Morgan fingerprint density at radius 1 is 0.176 bits per heavy atom. The van der Waals surface area contributed by atoms with Gasteiger partial charge in [-0.1, -0.05) is 7.96 Å². The highest BCUT2D eigenvalue weighted by Gasteiger charge is 2.73. The lowest BCUT2D eigenvalue weighted by atomic mass is 11.8. The van der Waals surface area contributed by atoms with Gasteiger partial charge in [0.15, 0.2) is 0 Å². The van der Waals surface area contributed by atoms with Gasteiger partial charge >= 0.3 is 0 Å². The van der Waals surface area contributed by atoms with Gasteiger partial charge in [0.25, 0.3) is 0 Å². The molecule has 0 heterocycles. The average molecular weight is 2160 g/mol. The lowest BCUT2D eigenvalue weighted by Crippen LogP contribution is -2.14. The Morgan fingerprint density at radius 2 is 0.309 bits per heavy atom. The number of hydrogen-bond donors (Lipinski definition) is 0. The fourth-order valence-corrected chi connectivity index (χ4v) is 773. The molecule has 0 radical (unpaired) electrons. The van der Waals surface area contributed by atoms with E-state index in [0.29, 0.717) is 4.38 Å². The second-order valence-corrected chi connectivity index (χ2v) is 273. The highest BCUT2D eigenvalue weighted by atomic mass is 33.4. The zero-order chi connectivity index (χ0) is 54.1. The minimum atomic E-state index is -0.496. The van der Waals surface area contributed by atoms with E-state index in [1.54, 1.807) is 0 Å². The molecule has 0 aromatic heterocycles. The highest BCUT2D eigenvalue weighted by Crippen LogP contribution is 3.45. The van der Waals surface area contributed by atoms with Crippen molar-refractivity contribution in [1.82, 2.24) is 0 Å². The first-order valence-corrected chi connectivity index (χ1v) is 135. The largest absolute Gasteiger partial charge is 0.109 e. The summed E-state index contributed by atoms with van der Waals surface area (Å²) in [4.78, 5) is 0. The zero-order valence-corrected chi connectivity index (χ0v) is 104. The maximum absolute atomic E-state index is 3.70. The topological polar surface area (TPSA) is 0 Å². The Morgan fingerprint density at radius 3 is 0.412 bits per heavy atom. The second kappa shape index (κ2) is 51.9. The Bertz CT molecular complexity index is 1070. The van der Waals surface area contributed by atoms with Crippen LogP contribution >= 0.6 is 538 Å². The summed E-state index contributed by atoms with van der Waals surface area (Å²) in [5.74, 6) is 0. The molecule has 39 unspecified atom stereocenters. The first-order valence-electron chi connectivity index (χ1n) is 15.6. The first-order chi connectivity index (χ1) is 30.9. The Labute approximate surface area is 534 Å². The smallest absolute Gasteiger partial charge is 0.0860 e. The summed E-state index contributed by atoms with van der Waals surface area (Å²) in [5, 5.41) is 0. The molecule has 0 fully saturated rings. The lowest BCUT2D eigenvalue weighted by molar-refractivity contribution is 1.87. The third-order valence-corrected chi connectivity index (χ3v) is 422. The van der Waals surface area contributed by atoms with Crippen molar-refractivity contribution < 1.29 is 0 Å². The molecule has 0 aromatic rings. The summed E-state index contributed by atoms with van der Waals surface area (Å²) >= 11 is 0.